The highest BCUT2D eigenvalue weighted by Gasteiger charge is 2.32. The van der Waals surface area contributed by atoms with Crippen molar-refractivity contribution in [3.63, 3.8) is 0 Å². The number of rotatable bonds is 6. The molecule has 1 aromatic rings. The summed E-state index contributed by atoms with van der Waals surface area (Å²) in [6, 6.07) is 4.93. The molecule has 0 aliphatic heterocycles. The van der Waals surface area contributed by atoms with Gasteiger partial charge in [0.05, 0.1) is 0 Å². The minimum absolute atomic E-state index is 0.413. The molecule has 19 heavy (non-hydrogen) atoms. The van der Waals surface area contributed by atoms with Crippen molar-refractivity contribution in [2.75, 3.05) is 5.32 Å². The van der Waals surface area contributed by atoms with Gasteiger partial charge < -0.3 is 16.2 Å². The number of nitrogens with one attached hydrogen (secondary N) is 1. The van der Waals surface area contributed by atoms with Crippen LogP contribution in [0.15, 0.2) is 18.2 Å². The first kappa shape index (κ1) is 15.0. The van der Waals surface area contributed by atoms with E-state index in [1.807, 2.05) is 13.8 Å². The topological polar surface area (TPSA) is 92.4 Å². The van der Waals surface area contributed by atoms with E-state index in [1.54, 1.807) is 25.1 Å². The highest BCUT2D eigenvalue weighted by atomic mass is 16.4. The summed E-state index contributed by atoms with van der Waals surface area (Å²) in [6.07, 6.45) is 1.27. The van der Waals surface area contributed by atoms with Gasteiger partial charge in [0.2, 0.25) is 5.91 Å². The van der Waals surface area contributed by atoms with Gasteiger partial charge in [0.25, 0.3) is 0 Å². The van der Waals surface area contributed by atoms with Crippen LogP contribution >= 0.6 is 0 Å². The van der Waals surface area contributed by atoms with E-state index in [9.17, 15) is 14.7 Å². The smallest absolute Gasteiger partial charge is 0.329 e. The first-order valence-corrected chi connectivity index (χ1v) is 6.22. The lowest BCUT2D eigenvalue weighted by Crippen LogP contribution is -2.43. The molecule has 1 atom stereocenters. The summed E-state index contributed by atoms with van der Waals surface area (Å²) in [5, 5.41) is 12.4. The predicted octanol–water partition coefficient (Wildman–Crippen LogP) is 2.15. The number of carboxylic acids is 1. The fourth-order valence-corrected chi connectivity index (χ4v) is 1.98. The van der Waals surface area contributed by atoms with Crippen LogP contribution in [0.5, 0.6) is 0 Å². The molecule has 1 amide bonds. The van der Waals surface area contributed by atoms with Crippen LogP contribution in [-0.4, -0.2) is 22.5 Å². The molecule has 0 aliphatic rings. The molecule has 1 aromatic carbocycles. The number of hydrogen-bond donors (Lipinski definition) is 3. The Kier molecular flexibility index (Phi) is 4.53. The summed E-state index contributed by atoms with van der Waals surface area (Å²) in [6.45, 7) is 5.40. The van der Waals surface area contributed by atoms with Crippen LogP contribution in [0.1, 0.15) is 42.6 Å². The Labute approximate surface area is 112 Å². The molecule has 0 aliphatic carbocycles. The maximum Gasteiger partial charge on any atom is 0.329 e. The van der Waals surface area contributed by atoms with Gasteiger partial charge in [-0.25, -0.2) is 4.79 Å². The minimum Gasteiger partial charge on any atom is -0.480 e. The van der Waals surface area contributed by atoms with Crippen LogP contribution in [0.25, 0.3) is 0 Å². The lowest BCUT2D eigenvalue weighted by atomic mass is 9.95. The molecule has 5 nitrogen and oxygen atoms in total. The van der Waals surface area contributed by atoms with E-state index in [-0.39, 0.29) is 0 Å². The van der Waals surface area contributed by atoms with E-state index in [4.69, 9.17) is 5.73 Å². The van der Waals surface area contributed by atoms with Gasteiger partial charge in [-0.15, -0.1) is 0 Å². The predicted molar refractivity (Wildman–Crippen MR) is 74.3 cm³/mol. The largest absolute Gasteiger partial charge is 0.480 e. The number of aryl methyl sites for hydroxylation is 1. The molecule has 0 heterocycles. The molecular weight excluding hydrogens is 244 g/mol. The average Bonchev–Trinajstić information content (AvgIpc) is 2.31. The van der Waals surface area contributed by atoms with E-state index in [2.05, 4.69) is 5.32 Å². The lowest BCUT2D eigenvalue weighted by molar-refractivity contribution is -0.141. The van der Waals surface area contributed by atoms with Crippen molar-refractivity contribution >= 4 is 17.6 Å². The second-order valence-corrected chi connectivity index (χ2v) is 4.91. The molecule has 0 fully saturated rings. The van der Waals surface area contributed by atoms with Gasteiger partial charge in [-0.2, -0.15) is 0 Å². The molecule has 104 valence electrons. The van der Waals surface area contributed by atoms with E-state index in [0.717, 1.165) is 12.0 Å². The van der Waals surface area contributed by atoms with Gasteiger partial charge in [0.15, 0.2) is 0 Å². The summed E-state index contributed by atoms with van der Waals surface area (Å²) in [5.74, 6) is -1.39. The number of carbonyl (C=O) groups excluding carboxylic acids is 1. The van der Waals surface area contributed by atoms with E-state index in [1.165, 1.54) is 0 Å². The van der Waals surface area contributed by atoms with Crippen molar-refractivity contribution in [3.05, 3.63) is 29.3 Å². The fraction of sp³-hybridized carbons (Fsp3) is 0.429. The molecule has 0 aromatic heterocycles. The number of anilines is 1. The summed E-state index contributed by atoms with van der Waals surface area (Å²) in [5.41, 5.74) is 6.08. The number of aliphatic carboxylic acids is 1. The summed E-state index contributed by atoms with van der Waals surface area (Å²) < 4.78 is 0. The second-order valence-electron chi connectivity index (χ2n) is 4.91. The average molecular weight is 264 g/mol. The summed E-state index contributed by atoms with van der Waals surface area (Å²) in [4.78, 5) is 22.4. The van der Waals surface area contributed by atoms with Crippen LogP contribution in [0.3, 0.4) is 0 Å². The number of carboxylic acid groups (broad SMARTS) is 1. The molecule has 0 spiro atoms. The Morgan fingerprint density at radius 3 is 2.47 bits per heavy atom. The molecule has 0 bridgehead atoms. The highest BCUT2D eigenvalue weighted by molar-refractivity contribution is 5.93. The normalized spacial score (nSPS) is 13.6. The maximum absolute atomic E-state index is 11.4. The number of amides is 1. The van der Waals surface area contributed by atoms with Gasteiger partial charge >= 0.3 is 5.97 Å². The number of nitrogens with two attached hydrogens (primary N) is 1. The van der Waals surface area contributed by atoms with Crippen LogP contribution in [0, 0.1) is 6.92 Å². The SMILES string of the molecule is CCCC(C)(Nc1ccc(C(N)=O)cc1C)C(=O)O. The van der Waals surface area contributed by atoms with E-state index < -0.39 is 17.4 Å². The maximum atomic E-state index is 11.4. The van der Waals surface area contributed by atoms with Crippen molar-refractivity contribution in [1.82, 2.24) is 0 Å². The zero-order valence-corrected chi connectivity index (χ0v) is 11.5. The molecule has 1 unspecified atom stereocenters. The zero-order chi connectivity index (χ0) is 14.6. The van der Waals surface area contributed by atoms with Crippen molar-refractivity contribution < 1.29 is 14.7 Å². The minimum atomic E-state index is -1.02. The van der Waals surface area contributed by atoms with Crippen molar-refractivity contribution in [1.29, 1.82) is 0 Å². The molecule has 0 radical (unpaired) electrons. The van der Waals surface area contributed by atoms with Gasteiger partial charge in [-0.3, -0.25) is 4.79 Å². The van der Waals surface area contributed by atoms with Gasteiger partial charge in [-0.1, -0.05) is 13.3 Å². The van der Waals surface area contributed by atoms with Crippen LogP contribution in [-0.2, 0) is 4.79 Å². The molecule has 5 heteroatoms. The Morgan fingerprint density at radius 2 is 2.05 bits per heavy atom. The third-order valence-electron chi connectivity index (χ3n) is 3.14. The highest BCUT2D eigenvalue weighted by Crippen LogP contribution is 2.24. The number of primary amides is 1. The Morgan fingerprint density at radius 1 is 1.42 bits per heavy atom. The van der Waals surface area contributed by atoms with Gasteiger partial charge in [-0.05, 0) is 44.0 Å². The summed E-state index contributed by atoms with van der Waals surface area (Å²) in [7, 11) is 0. The number of benzene rings is 1. The Balaban J connectivity index is 3.04. The van der Waals surface area contributed by atoms with E-state index >= 15 is 0 Å². The first-order valence-electron chi connectivity index (χ1n) is 6.22. The third kappa shape index (κ3) is 3.47. The first-order chi connectivity index (χ1) is 8.80. The Bertz CT molecular complexity index is 499. The second kappa shape index (κ2) is 5.73. The number of carbonyl (C=O) groups is 2. The van der Waals surface area contributed by atoms with Gasteiger partial charge in [0, 0.05) is 11.3 Å². The fourth-order valence-electron chi connectivity index (χ4n) is 1.98. The van der Waals surface area contributed by atoms with Crippen LogP contribution in [0.2, 0.25) is 0 Å². The van der Waals surface area contributed by atoms with Crippen molar-refractivity contribution in [3.8, 4) is 0 Å². The molecule has 0 saturated heterocycles. The van der Waals surface area contributed by atoms with Crippen molar-refractivity contribution in [2.24, 2.45) is 5.73 Å². The molecule has 0 saturated carbocycles. The monoisotopic (exact) mass is 264 g/mol. The Hall–Kier alpha value is -2.04. The summed E-state index contributed by atoms with van der Waals surface area (Å²) >= 11 is 0. The van der Waals surface area contributed by atoms with Crippen molar-refractivity contribution in [2.45, 2.75) is 39.2 Å². The molecule has 1 rings (SSSR count). The number of hydrogen-bond acceptors (Lipinski definition) is 3. The molecular formula is C14H20N2O3. The molecule has 4 N–H and O–H groups in total. The van der Waals surface area contributed by atoms with Crippen LogP contribution in [0.4, 0.5) is 5.69 Å². The quantitative estimate of drug-likeness (QED) is 0.734. The standard InChI is InChI=1S/C14H20N2O3/c1-4-7-14(3,13(18)19)16-11-6-5-10(12(15)17)8-9(11)2/h5-6,8,16H,4,7H2,1-3H3,(H2,15,17)(H,18,19). The lowest BCUT2D eigenvalue weighted by Gasteiger charge is -2.28. The zero-order valence-electron chi connectivity index (χ0n) is 11.5. The van der Waals surface area contributed by atoms with Crippen LogP contribution < -0.4 is 11.1 Å². The van der Waals surface area contributed by atoms with Gasteiger partial charge in [0.1, 0.15) is 5.54 Å². The van der Waals surface area contributed by atoms with E-state index in [0.29, 0.717) is 17.7 Å². The third-order valence-corrected chi connectivity index (χ3v) is 3.14.